The van der Waals surface area contributed by atoms with E-state index in [4.69, 9.17) is 14.7 Å². The molecule has 1 saturated heterocycles. The summed E-state index contributed by atoms with van der Waals surface area (Å²) in [4.78, 5) is 33.0. The Labute approximate surface area is 301 Å². The molecule has 0 spiro atoms. The molecule has 11 nitrogen and oxygen atoms in total. The number of hydrogen-bond donors (Lipinski definition) is 1. The second kappa shape index (κ2) is 13.3. The highest BCUT2D eigenvalue weighted by Crippen LogP contribution is 2.47. The van der Waals surface area contributed by atoms with Gasteiger partial charge in [0.25, 0.3) is 5.91 Å². The van der Waals surface area contributed by atoms with Gasteiger partial charge in [0.2, 0.25) is 0 Å². The molecule has 13 heteroatoms. The molecular formula is C39H44F2N8O3. The number of fused-ring (bicyclic) bond motifs is 4. The van der Waals surface area contributed by atoms with Crippen molar-refractivity contribution in [2.45, 2.75) is 71.0 Å². The van der Waals surface area contributed by atoms with E-state index in [2.05, 4.69) is 22.0 Å². The zero-order valence-corrected chi connectivity index (χ0v) is 30.1. The number of carbonyl (C=O) groups is 1. The highest BCUT2D eigenvalue weighted by Gasteiger charge is 2.47. The minimum absolute atomic E-state index is 0.0263. The van der Waals surface area contributed by atoms with Gasteiger partial charge in [0, 0.05) is 50.4 Å². The molecule has 0 radical (unpaired) electrons. The molecule has 0 bridgehead atoms. The first-order valence-electron chi connectivity index (χ1n) is 18.2. The molecule has 2 atom stereocenters. The number of phenolic OH excluding ortho intramolecular Hbond substituents is 1. The third-order valence-corrected chi connectivity index (χ3v) is 11.4. The van der Waals surface area contributed by atoms with Crippen LogP contribution in [0.1, 0.15) is 67.2 Å². The maximum atomic E-state index is 17.2. The molecule has 5 aromatic rings. The molecule has 3 aliphatic rings. The summed E-state index contributed by atoms with van der Waals surface area (Å²) in [6.45, 7) is 4.88. The van der Waals surface area contributed by atoms with Crippen molar-refractivity contribution in [1.82, 2.24) is 34.5 Å². The Morgan fingerprint density at radius 1 is 1.08 bits per heavy atom. The first kappa shape index (κ1) is 34.2. The van der Waals surface area contributed by atoms with Crippen LogP contribution in [0.15, 0.2) is 36.5 Å². The van der Waals surface area contributed by atoms with Gasteiger partial charge in [0.05, 0.1) is 24.2 Å². The zero-order chi connectivity index (χ0) is 36.3. The smallest absolute Gasteiger partial charge is 0.319 e. The number of amides is 1. The summed E-state index contributed by atoms with van der Waals surface area (Å²) < 4.78 is 40.6. The number of halogens is 2. The van der Waals surface area contributed by atoms with Crippen molar-refractivity contribution in [3.63, 3.8) is 0 Å². The van der Waals surface area contributed by atoms with Gasteiger partial charge < -0.3 is 24.5 Å². The molecule has 1 saturated carbocycles. The highest BCUT2D eigenvalue weighted by atomic mass is 19.1. The molecule has 8 rings (SSSR count). The lowest BCUT2D eigenvalue weighted by Crippen LogP contribution is -2.50. The molecule has 2 aliphatic heterocycles. The summed E-state index contributed by atoms with van der Waals surface area (Å²) in [5.74, 6) is -0.913. The fourth-order valence-corrected chi connectivity index (χ4v) is 8.91. The number of hydrogen-bond acceptors (Lipinski definition) is 9. The lowest BCUT2D eigenvalue weighted by molar-refractivity contribution is 0.0133. The van der Waals surface area contributed by atoms with Gasteiger partial charge in [-0.25, -0.2) is 8.78 Å². The van der Waals surface area contributed by atoms with Gasteiger partial charge in [0.15, 0.2) is 11.5 Å². The van der Waals surface area contributed by atoms with Gasteiger partial charge in [0.1, 0.15) is 28.6 Å². The van der Waals surface area contributed by atoms with Gasteiger partial charge >= 0.3 is 6.01 Å². The molecular weight excluding hydrogens is 666 g/mol. The Bertz CT molecular complexity index is 2210. The number of ether oxygens (including phenoxy) is 1. The van der Waals surface area contributed by atoms with Gasteiger partial charge in [-0.3, -0.25) is 14.5 Å². The van der Waals surface area contributed by atoms with Crippen molar-refractivity contribution in [2.24, 2.45) is 5.41 Å². The maximum Gasteiger partial charge on any atom is 0.319 e. The average molecular weight is 711 g/mol. The van der Waals surface area contributed by atoms with Crippen molar-refractivity contribution in [2.75, 3.05) is 45.7 Å². The molecule has 2 fully saturated rings. The van der Waals surface area contributed by atoms with Crippen LogP contribution in [0.5, 0.6) is 11.8 Å². The molecule has 2 aromatic carbocycles. The number of aromatic nitrogens is 5. The Morgan fingerprint density at radius 3 is 2.71 bits per heavy atom. The second-order valence-corrected chi connectivity index (χ2v) is 14.8. The fourth-order valence-electron chi connectivity index (χ4n) is 8.91. The summed E-state index contributed by atoms with van der Waals surface area (Å²) in [5, 5.41) is 16.8. The number of likely N-dealkylation sites (tertiary alicyclic amines) is 1. The molecule has 1 aliphatic carbocycles. The maximum absolute atomic E-state index is 17.2. The van der Waals surface area contributed by atoms with Crippen molar-refractivity contribution >= 4 is 33.4 Å². The number of benzene rings is 2. The van der Waals surface area contributed by atoms with E-state index in [1.165, 1.54) is 17.0 Å². The number of anilines is 1. The van der Waals surface area contributed by atoms with Crippen LogP contribution in [0.4, 0.5) is 14.6 Å². The van der Waals surface area contributed by atoms with Crippen LogP contribution in [0, 0.1) is 17.0 Å². The van der Waals surface area contributed by atoms with Crippen LogP contribution in [0.2, 0.25) is 0 Å². The summed E-state index contributed by atoms with van der Waals surface area (Å²) in [6, 6.07) is 8.21. The number of carbonyl (C=O) groups excluding carboxylic acids is 1. The summed E-state index contributed by atoms with van der Waals surface area (Å²) >= 11 is 0. The number of phenols is 1. The fraction of sp³-hybridized carbons (Fsp3) is 0.462. The quantitative estimate of drug-likeness (QED) is 0.207. The van der Waals surface area contributed by atoms with E-state index >= 15 is 8.78 Å². The van der Waals surface area contributed by atoms with Crippen molar-refractivity contribution in [1.29, 1.82) is 0 Å². The van der Waals surface area contributed by atoms with Crippen LogP contribution in [0.3, 0.4) is 0 Å². The second-order valence-electron chi connectivity index (χ2n) is 14.8. The summed E-state index contributed by atoms with van der Waals surface area (Å²) in [5.41, 5.74) is 1.84. The Kier molecular flexibility index (Phi) is 8.71. The standard InChI is InChI=1S/C39H44F2N8O3/c1-5-26-29(40)11-10-23-17-25(50)19-27(32(23)26)34-33(41)35-28(20-42-34)36(48-15-8-16-49-24(21-48)18-30(45-49)37(51)46(2)3)44-38(43-35)52-22-39-12-6-9-31(39)47(4)14-7-13-39/h10-11,17-20,31,50H,5-9,12-16,21-22H2,1-4H3/t31?,39-/m1/s1. The Hall–Kier alpha value is -4.91. The number of aryl methyl sites for hydroxylation is 2. The van der Waals surface area contributed by atoms with Crippen LogP contribution in [-0.2, 0) is 19.5 Å². The first-order chi connectivity index (χ1) is 25.1. The monoisotopic (exact) mass is 710 g/mol. The lowest BCUT2D eigenvalue weighted by atomic mass is 9.76. The van der Waals surface area contributed by atoms with Crippen LogP contribution < -0.4 is 9.64 Å². The molecule has 1 N–H and O–H groups in total. The first-order valence-corrected chi connectivity index (χ1v) is 18.2. The number of rotatable bonds is 7. The number of pyridine rings is 1. The molecule has 5 heterocycles. The zero-order valence-electron chi connectivity index (χ0n) is 30.1. The minimum Gasteiger partial charge on any atom is -0.508 e. The Balaban J connectivity index is 1.26. The number of nitrogens with zero attached hydrogens (tertiary/aromatic N) is 8. The van der Waals surface area contributed by atoms with E-state index in [1.807, 2.05) is 16.5 Å². The molecule has 1 amide bonds. The normalized spacial score (nSPS) is 20.6. The van der Waals surface area contributed by atoms with Crippen LogP contribution in [0.25, 0.3) is 32.9 Å². The van der Waals surface area contributed by atoms with E-state index in [1.54, 1.807) is 38.5 Å². The Morgan fingerprint density at radius 2 is 1.90 bits per heavy atom. The largest absolute Gasteiger partial charge is 0.508 e. The highest BCUT2D eigenvalue weighted by molar-refractivity contribution is 6.01. The predicted molar refractivity (Wildman–Crippen MR) is 195 cm³/mol. The van der Waals surface area contributed by atoms with E-state index in [0.717, 1.165) is 44.3 Å². The summed E-state index contributed by atoms with van der Waals surface area (Å²) in [7, 11) is 5.57. The average Bonchev–Trinajstić information content (AvgIpc) is 3.69. The molecule has 1 unspecified atom stereocenters. The van der Waals surface area contributed by atoms with Crippen molar-refractivity contribution in [3.05, 3.63) is 65.1 Å². The van der Waals surface area contributed by atoms with Crippen molar-refractivity contribution in [3.8, 4) is 23.0 Å². The number of piperidine rings is 1. The van der Waals surface area contributed by atoms with Gasteiger partial charge in [-0.15, -0.1) is 0 Å². The van der Waals surface area contributed by atoms with E-state index < -0.39 is 11.6 Å². The third-order valence-electron chi connectivity index (χ3n) is 11.4. The number of aromatic hydroxyl groups is 1. The molecule has 272 valence electrons. The van der Waals surface area contributed by atoms with E-state index in [-0.39, 0.29) is 39.9 Å². The SMILES string of the molecule is CCc1c(F)ccc2cc(O)cc(-c3ncc4c(N5CCCn6nc(C(=O)N(C)C)cc6C5)nc(OC[C@]56CCCC5N(C)CCC6)nc4c3F)c12. The topological polar surface area (TPSA) is 113 Å². The van der Waals surface area contributed by atoms with Gasteiger partial charge in [-0.1, -0.05) is 19.4 Å². The van der Waals surface area contributed by atoms with Crippen LogP contribution in [-0.4, -0.2) is 92.4 Å². The van der Waals surface area contributed by atoms with Gasteiger partial charge in [-0.2, -0.15) is 15.1 Å². The van der Waals surface area contributed by atoms with E-state index in [0.29, 0.717) is 78.4 Å². The van der Waals surface area contributed by atoms with Gasteiger partial charge in [-0.05, 0) is 92.7 Å². The molecule has 52 heavy (non-hydrogen) atoms. The minimum atomic E-state index is -0.711. The summed E-state index contributed by atoms with van der Waals surface area (Å²) in [6.07, 6.45) is 8.06. The van der Waals surface area contributed by atoms with Crippen LogP contribution >= 0.6 is 0 Å². The van der Waals surface area contributed by atoms with E-state index in [9.17, 15) is 9.90 Å². The third kappa shape index (κ3) is 5.79. The predicted octanol–water partition coefficient (Wildman–Crippen LogP) is 6.34. The van der Waals surface area contributed by atoms with Crippen molar-refractivity contribution < 1.29 is 23.4 Å². The molecule has 3 aromatic heterocycles. The lowest BCUT2D eigenvalue weighted by Gasteiger charge is -2.44.